The van der Waals surface area contributed by atoms with Gasteiger partial charge in [0.2, 0.25) is 0 Å². The van der Waals surface area contributed by atoms with Gasteiger partial charge in [-0.3, -0.25) is 10.2 Å². The second-order valence-corrected chi connectivity index (χ2v) is 6.20. The van der Waals surface area contributed by atoms with E-state index in [9.17, 15) is 9.59 Å². The maximum atomic E-state index is 12.1. The number of rotatable bonds is 4. The van der Waals surface area contributed by atoms with Crippen LogP contribution in [0, 0.1) is 6.92 Å². The monoisotopic (exact) mass is 363 g/mol. The minimum atomic E-state index is -0.772. The molecule has 3 amide bonds. The van der Waals surface area contributed by atoms with Crippen LogP contribution < -0.4 is 20.9 Å². The molecule has 6 nitrogen and oxygen atoms in total. The zero-order valence-electron chi connectivity index (χ0n) is 15.2. The maximum absolute atomic E-state index is 12.1. The molecular weight excluding hydrogens is 342 g/mol. The molecule has 0 aliphatic rings. The van der Waals surface area contributed by atoms with Gasteiger partial charge in [-0.1, -0.05) is 48.0 Å². The minimum absolute atomic E-state index is 0.456. The van der Waals surface area contributed by atoms with Gasteiger partial charge < -0.3 is 10.1 Å². The molecule has 0 bridgehead atoms. The molecule has 0 heterocycles. The first-order valence-corrected chi connectivity index (χ1v) is 8.60. The number of hydrogen-bond donors (Lipinski definition) is 3. The van der Waals surface area contributed by atoms with Crippen molar-refractivity contribution >= 4 is 28.4 Å². The van der Waals surface area contributed by atoms with Crippen molar-refractivity contribution in [1.29, 1.82) is 0 Å². The van der Waals surface area contributed by atoms with Crippen LogP contribution in [0.25, 0.3) is 10.8 Å². The third-order valence-corrected chi connectivity index (χ3v) is 4.01. The van der Waals surface area contributed by atoms with Crippen molar-refractivity contribution in [2.45, 2.75) is 20.0 Å². The number of hydrazine groups is 1. The van der Waals surface area contributed by atoms with E-state index in [-0.39, 0.29) is 0 Å². The summed E-state index contributed by atoms with van der Waals surface area (Å²) in [5.41, 5.74) is 6.38. The van der Waals surface area contributed by atoms with Crippen LogP contribution in [-0.2, 0) is 4.79 Å². The third kappa shape index (κ3) is 4.98. The first-order chi connectivity index (χ1) is 13.0. The molecule has 0 unspecified atom stereocenters. The molecule has 3 rings (SSSR count). The van der Waals surface area contributed by atoms with E-state index in [1.165, 1.54) is 0 Å². The molecule has 138 valence electrons. The summed E-state index contributed by atoms with van der Waals surface area (Å²) in [6.07, 6.45) is -0.772. The molecule has 0 aliphatic heterocycles. The van der Waals surface area contributed by atoms with E-state index in [4.69, 9.17) is 4.74 Å². The van der Waals surface area contributed by atoms with Gasteiger partial charge in [0.1, 0.15) is 5.75 Å². The van der Waals surface area contributed by atoms with Crippen LogP contribution in [0.5, 0.6) is 5.75 Å². The number of carbonyl (C=O) groups is 2. The zero-order chi connectivity index (χ0) is 19.2. The van der Waals surface area contributed by atoms with Crippen LogP contribution in [0.15, 0.2) is 66.7 Å². The average molecular weight is 363 g/mol. The lowest BCUT2D eigenvalue weighted by Gasteiger charge is -2.16. The van der Waals surface area contributed by atoms with Gasteiger partial charge in [-0.25, -0.2) is 10.2 Å². The van der Waals surface area contributed by atoms with E-state index in [2.05, 4.69) is 16.2 Å². The lowest BCUT2D eigenvalue weighted by molar-refractivity contribution is -0.127. The summed E-state index contributed by atoms with van der Waals surface area (Å²) < 4.78 is 5.66. The van der Waals surface area contributed by atoms with E-state index >= 15 is 0 Å². The molecule has 0 radical (unpaired) electrons. The summed E-state index contributed by atoms with van der Waals surface area (Å²) in [6.45, 7) is 3.57. The SMILES string of the molecule is Cc1ccc(NC(=O)NNC(=O)[C@H](C)Oc2ccc3ccccc3c2)cc1. The van der Waals surface area contributed by atoms with E-state index in [0.717, 1.165) is 16.3 Å². The Hall–Kier alpha value is -3.54. The fourth-order valence-electron chi connectivity index (χ4n) is 2.52. The van der Waals surface area contributed by atoms with E-state index in [1.807, 2.05) is 61.5 Å². The summed E-state index contributed by atoms with van der Waals surface area (Å²) >= 11 is 0. The lowest BCUT2D eigenvalue weighted by Crippen LogP contribution is -2.48. The Kier molecular flexibility index (Phi) is 5.56. The number of fused-ring (bicyclic) bond motifs is 1. The van der Waals surface area contributed by atoms with Gasteiger partial charge in [0.15, 0.2) is 6.10 Å². The predicted molar refractivity (Wildman–Crippen MR) is 106 cm³/mol. The Morgan fingerprint density at radius 3 is 2.33 bits per heavy atom. The molecule has 0 aromatic heterocycles. The maximum Gasteiger partial charge on any atom is 0.337 e. The Balaban J connectivity index is 1.50. The molecule has 6 heteroatoms. The average Bonchev–Trinajstić information content (AvgIpc) is 2.67. The summed E-state index contributed by atoms with van der Waals surface area (Å²) in [6, 6.07) is 20.3. The molecule has 3 aromatic carbocycles. The van der Waals surface area contributed by atoms with Crippen molar-refractivity contribution in [3.8, 4) is 5.75 Å². The number of aryl methyl sites for hydroxylation is 1. The second kappa shape index (κ2) is 8.23. The van der Waals surface area contributed by atoms with Gasteiger partial charge in [0.05, 0.1) is 0 Å². The molecule has 1 atom stereocenters. The minimum Gasteiger partial charge on any atom is -0.481 e. The molecule has 0 saturated heterocycles. The first kappa shape index (κ1) is 18.3. The summed E-state index contributed by atoms with van der Waals surface area (Å²) in [4.78, 5) is 24.0. The Labute approximate surface area is 157 Å². The Morgan fingerprint density at radius 2 is 1.59 bits per heavy atom. The largest absolute Gasteiger partial charge is 0.481 e. The standard InChI is InChI=1S/C21H21N3O3/c1-14-7-10-18(11-8-14)22-21(26)24-23-20(25)15(2)27-19-12-9-16-5-3-4-6-17(16)13-19/h3-13,15H,1-2H3,(H,23,25)(H2,22,24,26)/t15-/m0/s1. The highest BCUT2D eigenvalue weighted by atomic mass is 16.5. The van der Waals surface area contributed by atoms with Gasteiger partial charge in [-0.2, -0.15) is 0 Å². The Morgan fingerprint density at radius 1 is 0.889 bits per heavy atom. The number of ether oxygens (including phenoxy) is 1. The van der Waals surface area contributed by atoms with Crippen molar-refractivity contribution < 1.29 is 14.3 Å². The summed E-state index contributed by atoms with van der Waals surface area (Å²) in [7, 11) is 0. The van der Waals surface area contributed by atoms with Gasteiger partial charge in [-0.05, 0) is 48.9 Å². The predicted octanol–water partition coefficient (Wildman–Crippen LogP) is 3.77. The molecular formula is C21H21N3O3. The number of anilines is 1. The van der Waals surface area contributed by atoms with Gasteiger partial charge >= 0.3 is 6.03 Å². The smallest absolute Gasteiger partial charge is 0.337 e. The number of benzene rings is 3. The highest BCUT2D eigenvalue weighted by molar-refractivity contribution is 5.91. The fourth-order valence-corrected chi connectivity index (χ4v) is 2.52. The van der Waals surface area contributed by atoms with Crippen molar-refractivity contribution in [2.75, 3.05) is 5.32 Å². The topological polar surface area (TPSA) is 79.5 Å². The summed E-state index contributed by atoms with van der Waals surface area (Å²) in [5, 5.41) is 4.75. The van der Waals surface area contributed by atoms with Crippen molar-refractivity contribution in [3.63, 3.8) is 0 Å². The van der Waals surface area contributed by atoms with Gasteiger partial charge in [-0.15, -0.1) is 0 Å². The number of hydrogen-bond acceptors (Lipinski definition) is 3. The van der Waals surface area contributed by atoms with E-state index < -0.39 is 18.0 Å². The summed E-state index contributed by atoms with van der Waals surface area (Å²) in [5.74, 6) is 0.127. The number of amides is 3. The quantitative estimate of drug-likeness (QED) is 0.618. The highest BCUT2D eigenvalue weighted by Crippen LogP contribution is 2.21. The van der Waals surface area contributed by atoms with Crippen molar-refractivity contribution in [1.82, 2.24) is 10.9 Å². The molecule has 3 aromatic rings. The number of nitrogens with one attached hydrogen (secondary N) is 3. The molecule has 0 fully saturated rings. The van der Waals surface area contributed by atoms with Crippen LogP contribution >= 0.6 is 0 Å². The molecule has 27 heavy (non-hydrogen) atoms. The lowest BCUT2D eigenvalue weighted by atomic mass is 10.1. The zero-order valence-corrected chi connectivity index (χ0v) is 15.2. The van der Waals surface area contributed by atoms with E-state index in [1.54, 1.807) is 19.1 Å². The van der Waals surface area contributed by atoms with Crippen molar-refractivity contribution in [2.24, 2.45) is 0 Å². The Bertz CT molecular complexity index is 954. The molecule has 0 aliphatic carbocycles. The van der Waals surface area contributed by atoms with Gasteiger partial charge in [0, 0.05) is 5.69 Å². The van der Waals surface area contributed by atoms with Crippen molar-refractivity contribution in [3.05, 3.63) is 72.3 Å². The number of urea groups is 1. The normalized spacial score (nSPS) is 11.5. The third-order valence-electron chi connectivity index (χ3n) is 4.01. The van der Waals surface area contributed by atoms with Crippen LogP contribution in [0.3, 0.4) is 0 Å². The van der Waals surface area contributed by atoms with Crippen LogP contribution in [0.2, 0.25) is 0 Å². The highest BCUT2D eigenvalue weighted by Gasteiger charge is 2.15. The molecule has 0 saturated carbocycles. The van der Waals surface area contributed by atoms with E-state index in [0.29, 0.717) is 11.4 Å². The number of carbonyl (C=O) groups excluding carboxylic acids is 2. The van der Waals surface area contributed by atoms with Gasteiger partial charge in [0.25, 0.3) is 5.91 Å². The van der Waals surface area contributed by atoms with Crippen LogP contribution in [-0.4, -0.2) is 18.0 Å². The fraction of sp³-hybridized carbons (Fsp3) is 0.143. The van der Waals surface area contributed by atoms with Crippen LogP contribution in [0.4, 0.5) is 10.5 Å². The molecule has 3 N–H and O–H groups in total. The van der Waals surface area contributed by atoms with Crippen LogP contribution in [0.1, 0.15) is 12.5 Å². The second-order valence-electron chi connectivity index (χ2n) is 6.20. The molecule has 0 spiro atoms. The first-order valence-electron chi connectivity index (χ1n) is 8.60.